The third-order valence-electron chi connectivity index (χ3n) is 5.99. The van der Waals surface area contributed by atoms with E-state index in [2.05, 4.69) is 15.6 Å². The number of nitrogens with zero attached hydrogens (tertiary/aromatic N) is 2. The molecule has 3 rings (SSSR count). The number of thiazole rings is 1. The maximum Gasteiger partial charge on any atom is 0.245 e. The Bertz CT molecular complexity index is 938. The van der Waals surface area contributed by atoms with Gasteiger partial charge in [0.2, 0.25) is 17.7 Å². The van der Waals surface area contributed by atoms with Crippen LogP contribution in [0.1, 0.15) is 70.2 Å². The third kappa shape index (κ3) is 7.39. The molecule has 1 aromatic heterocycles. The number of nitrogens with one attached hydrogen (secondary N) is 2. The predicted octanol–water partition coefficient (Wildman–Crippen LogP) is 4.32. The van der Waals surface area contributed by atoms with E-state index in [1.807, 2.05) is 51.1 Å². The average Bonchev–Trinajstić information content (AvgIpc) is 3.24. The molecule has 1 aromatic carbocycles. The molecule has 178 valence electrons. The molecule has 0 bridgehead atoms. The van der Waals surface area contributed by atoms with Gasteiger partial charge in [0, 0.05) is 17.3 Å². The summed E-state index contributed by atoms with van der Waals surface area (Å²) in [5.41, 5.74) is 1.64. The topological polar surface area (TPSA) is 91.4 Å². The monoisotopic (exact) mass is 470 g/mol. The van der Waals surface area contributed by atoms with Crippen LogP contribution >= 0.6 is 11.3 Å². The van der Waals surface area contributed by atoms with Crippen molar-refractivity contribution in [3.05, 3.63) is 47.0 Å². The van der Waals surface area contributed by atoms with Gasteiger partial charge in [0.05, 0.1) is 18.2 Å². The first kappa shape index (κ1) is 24.9. The van der Waals surface area contributed by atoms with Crippen molar-refractivity contribution in [2.45, 2.75) is 71.4 Å². The first-order valence-corrected chi connectivity index (χ1v) is 12.6. The molecule has 8 heteroatoms. The molecule has 0 saturated heterocycles. The minimum atomic E-state index is -0.268. The second-order valence-corrected chi connectivity index (χ2v) is 9.82. The second-order valence-electron chi connectivity index (χ2n) is 8.96. The molecular weight excluding hydrogens is 436 g/mol. The number of rotatable bonds is 9. The summed E-state index contributed by atoms with van der Waals surface area (Å²) in [6, 6.07) is 9.62. The molecule has 1 unspecified atom stereocenters. The zero-order chi connectivity index (χ0) is 23.8. The van der Waals surface area contributed by atoms with E-state index in [-0.39, 0.29) is 48.7 Å². The summed E-state index contributed by atoms with van der Waals surface area (Å²) in [6.45, 7) is 5.82. The molecule has 0 radical (unpaired) electrons. The summed E-state index contributed by atoms with van der Waals surface area (Å²) >= 11 is 1.28. The SMILES string of the molecule is CC(NC(=O)Cc1csc(NC(=O)CN(C(=O)C2CCCCC2)C(C)C)n1)c1ccccc1. The fraction of sp³-hybridized carbons (Fsp3) is 0.520. The Morgan fingerprint density at radius 3 is 2.42 bits per heavy atom. The van der Waals surface area contributed by atoms with Crippen molar-refractivity contribution < 1.29 is 14.4 Å². The molecular formula is C25H34N4O3S. The summed E-state index contributed by atoms with van der Waals surface area (Å²) in [7, 11) is 0. The third-order valence-corrected chi connectivity index (χ3v) is 6.80. The Morgan fingerprint density at radius 2 is 1.76 bits per heavy atom. The van der Waals surface area contributed by atoms with E-state index < -0.39 is 0 Å². The summed E-state index contributed by atoms with van der Waals surface area (Å²) in [4.78, 5) is 44.0. The summed E-state index contributed by atoms with van der Waals surface area (Å²) in [5.74, 6) is -0.296. The van der Waals surface area contributed by atoms with Crippen LogP contribution < -0.4 is 10.6 Å². The fourth-order valence-electron chi connectivity index (χ4n) is 4.14. The number of anilines is 1. The normalized spacial score (nSPS) is 15.2. The van der Waals surface area contributed by atoms with Gasteiger partial charge in [0.25, 0.3) is 0 Å². The van der Waals surface area contributed by atoms with Crippen LogP contribution in [0, 0.1) is 5.92 Å². The number of hydrogen-bond donors (Lipinski definition) is 2. The van der Waals surface area contributed by atoms with E-state index in [1.54, 1.807) is 10.3 Å². The highest BCUT2D eigenvalue weighted by atomic mass is 32.1. The van der Waals surface area contributed by atoms with Crippen molar-refractivity contribution in [3.63, 3.8) is 0 Å². The van der Waals surface area contributed by atoms with Crippen molar-refractivity contribution in [1.82, 2.24) is 15.2 Å². The van der Waals surface area contributed by atoms with E-state index in [0.717, 1.165) is 31.2 Å². The maximum atomic E-state index is 12.9. The van der Waals surface area contributed by atoms with E-state index >= 15 is 0 Å². The quantitative estimate of drug-likeness (QED) is 0.571. The standard InChI is InChI=1S/C25H34N4O3S/c1-17(2)29(24(32)20-12-8-5-9-13-20)15-23(31)28-25-27-21(16-33-25)14-22(30)26-18(3)19-10-6-4-7-11-19/h4,6-7,10-11,16-18,20H,5,8-9,12-15H2,1-3H3,(H,26,30)(H,27,28,31). The highest BCUT2D eigenvalue weighted by Crippen LogP contribution is 2.26. The van der Waals surface area contributed by atoms with E-state index in [1.165, 1.54) is 17.8 Å². The number of carbonyl (C=O) groups excluding carboxylic acids is 3. The van der Waals surface area contributed by atoms with Gasteiger partial charge in [0.1, 0.15) is 6.54 Å². The van der Waals surface area contributed by atoms with Gasteiger partial charge in [-0.2, -0.15) is 0 Å². The molecule has 7 nitrogen and oxygen atoms in total. The van der Waals surface area contributed by atoms with E-state index in [0.29, 0.717) is 10.8 Å². The van der Waals surface area contributed by atoms with Crippen molar-refractivity contribution in [2.75, 3.05) is 11.9 Å². The van der Waals surface area contributed by atoms with Gasteiger partial charge >= 0.3 is 0 Å². The Balaban J connectivity index is 1.50. The molecule has 1 saturated carbocycles. The van der Waals surface area contributed by atoms with Gasteiger partial charge < -0.3 is 15.5 Å². The lowest BCUT2D eigenvalue weighted by Gasteiger charge is -2.31. The molecule has 0 aliphatic heterocycles. The lowest BCUT2D eigenvalue weighted by atomic mass is 9.88. The van der Waals surface area contributed by atoms with Gasteiger partial charge in [-0.05, 0) is 39.2 Å². The number of benzene rings is 1. The molecule has 1 aliphatic carbocycles. The minimum Gasteiger partial charge on any atom is -0.349 e. The largest absolute Gasteiger partial charge is 0.349 e. The van der Waals surface area contributed by atoms with Gasteiger partial charge in [-0.3, -0.25) is 14.4 Å². The van der Waals surface area contributed by atoms with Crippen molar-refractivity contribution in [2.24, 2.45) is 5.92 Å². The van der Waals surface area contributed by atoms with Crippen molar-refractivity contribution >= 4 is 34.2 Å². The summed E-state index contributed by atoms with van der Waals surface area (Å²) in [6.07, 6.45) is 5.29. The first-order chi connectivity index (χ1) is 15.8. The van der Waals surface area contributed by atoms with E-state index in [4.69, 9.17) is 0 Å². The lowest BCUT2D eigenvalue weighted by molar-refractivity contribution is -0.141. The number of amides is 3. The number of carbonyl (C=O) groups is 3. The average molecular weight is 471 g/mol. The van der Waals surface area contributed by atoms with Crippen LogP contribution in [0.25, 0.3) is 0 Å². The highest BCUT2D eigenvalue weighted by Gasteiger charge is 2.29. The molecule has 1 atom stereocenters. The van der Waals surface area contributed by atoms with Crippen LogP contribution in [0.5, 0.6) is 0 Å². The predicted molar refractivity (Wildman–Crippen MR) is 131 cm³/mol. The first-order valence-electron chi connectivity index (χ1n) is 11.7. The van der Waals surface area contributed by atoms with Gasteiger partial charge in [-0.15, -0.1) is 11.3 Å². The Labute approximate surface area is 200 Å². The Hall–Kier alpha value is -2.74. The van der Waals surface area contributed by atoms with Crippen LogP contribution in [-0.4, -0.2) is 40.2 Å². The minimum absolute atomic E-state index is 0.0109. The van der Waals surface area contributed by atoms with Crippen LogP contribution in [-0.2, 0) is 20.8 Å². The molecule has 33 heavy (non-hydrogen) atoms. The van der Waals surface area contributed by atoms with Gasteiger partial charge in [0.15, 0.2) is 5.13 Å². The van der Waals surface area contributed by atoms with Crippen molar-refractivity contribution in [1.29, 1.82) is 0 Å². The summed E-state index contributed by atoms with van der Waals surface area (Å²) < 4.78 is 0. The molecule has 1 aliphatic rings. The summed E-state index contributed by atoms with van der Waals surface area (Å²) in [5, 5.41) is 7.97. The highest BCUT2D eigenvalue weighted by molar-refractivity contribution is 7.13. The molecule has 3 amide bonds. The Morgan fingerprint density at radius 1 is 1.06 bits per heavy atom. The molecule has 1 heterocycles. The Kier molecular flexibility index (Phi) is 9.00. The lowest BCUT2D eigenvalue weighted by Crippen LogP contribution is -2.45. The van der Waals surface area contributed by atoms with Gasteiger partial charge in [-0.25, -0.2) is 4.98 Å². The number of aromatic nitrogens is 1. The molecule has 2 N–H and O–H groups in total. The molecule has 1 fully saturated rings. The second kappa shape index (κ2) is 11.9. The molecule has 2 aromatic rings. The van der Waals surface area contributed by atoms with Gasteiger partial charge in [-0.1, -0.05) is 49.6 Å². The van der Waals surface area contributed by atoms with Crippen LogP contribution in [0.2, 0.25) is 0 Å². The van der Waals surface area contributed by atoms with Crippen LogP contribution in [0.3, 0.4) is 0 Å². The zero-order valence-corrected chi connectivity index (χ0v) is 20.5. The fourth-order valence-corrected chi connectivity index (χ4v) is 4.87. The molecule has 0 spiro atoms. The van der Waals surface area contributed by atoms with Crippen LogP contribution in [0.15, 0.2) is 35.7 Å². The van der Waals surface area contributed by atoms with Crippen LogP contribution in [0.4, 0.5) is 5.13 Å². The van der Waals surface area contributed by atoms with Crippen molar-refractivity contribution in [3.8, 4) is 0 Å². The number of hydrogen-bond acceptors (Lipinski definition) is 5. The smallest absolute Gasteiger partial charge is 0.245 e. The van der Waals surface area contributed by atoms with E-state index in [9.17, 15) is 14.4 Å². The maximum absolute atomic E-state index is 12.9. The zero-order valence-electron chi connectivity index (χ0n) is 19.7.